The number of carbonyl (C=O) groups is 2. The van der Waals surface area contributed by atoms with E-state index >= 15 is 0 Å². The highest BCUT2D eigenvalue weighted by atomic mass is 35.5. The van der Waals surface area contributed by atoms with Crippen LogP contribution in [0.25, 0.3) is 0 Å². The smallest absolute Gasteiger partial charge is 0.326 e. The zero-order valence-corrected chi connectivity index (χ0v) is 18.4. The number of hydrogen-bond donors (Lipinski definition) is 0. The van der Waals surface area contributed by atoms with Crippen molar-refractivity contribution in [3.05, 3.63) is 63.6 Å². The molecule has 0 amide bonds. The van der Waals surface area contributed by atoms with E-state index in [-0.39, 0.29) is 32.6 Å². The maximum absolute atomic E-state index is 13.2. The molecule has 0 saturated carbocycles. The number of anilines is 1. The van der Waals surface area contributed by atoms with Gasteiger partial charge in [-0.3, -0.25) is 13.9 Å². The number of esters is 1. The maximum Gasteiger partial charge on any atom is 0.326 e. The van der Waals surface area contributed by atoms with Crippen LogP contribution < -0.4 is 4.31 Å². The minimum Gasteiger partial charge on any atom is -0.468 e. The van der Waals surface area contributed by atoms with Crippen molar-refractivity contribution in [2.24, 2.45) is 0 Å². The molecular weight excluding hydrogens is 437 g/mol. The van der Waals surface area contributed by atoms with Gasteiger partial charge in [0.05, 0.1) is 23.6 Å². The number of ketones is 1. The summed E-state index contributed by atoms with van der Waals surface area (Å²) >= 11 is 12.2. The lowest BCUT2D eigenvalue weighted by Gasteiger charge is -2.25. The number of benzene rings is 2. The van der Waals surface area contributed by atoms with Crippen LogP contribution in [0.15, 0.2) is 42.5 Å². The van der Waals surface area contributed by atoms with Crippen LogP contribution in [0.1, 0.15) is 35.7 Å². The van der Waals surface area contributed by atoms with Crippen LogP contribution in [-0.2, 0) is 19.6 Å². The zero-order valence-electron chi connectivity index (χ0n) is 16.0. The van der Waals surface area contributed by atoms with Crippen LogP contribution in [0.3, 0.4) is 0 Å². The van der Waals surface area contributed by atoms with E-state index in [1.807, 2.05) is 6.92 Å². The molecule has 0 radical (unpaired) electrons. The fourth-order valence-corrected chi connectivity index (χ4v) is 4.68. The van der Waals surface area contributed by atoms with Crippen molar-refractivity contribution < 1.29 is 22.7 Å². The third kappa shape index (κ3) is 5.72. The third-order valence-corrected chi connectivity index (χ3v) is 6.55. The Labute approximate surface area is 180 Å². The Bertz CT molecular complexity index is 1010. The Morgan fingerprint density at radius 3 is 2.38 bits per heavy atom. The van der Waals surface area contributed by atoms with Gasteiger partial charge in [-0.15, -0.1) is 0 Å². The molecule has 0 spiro atoms. The van der Waals surface area contributed by atoms with Crippen molar-refractivity contribution in [1.82, 2.24) is 0 Å². The average Bonchev–Trinajstić information content (AvgIpc) is 2.70. The largest absolute Gasteiger partial charge is 0.468 e. The first-order valence-corrected chi connectivity index (χ1v) is 11.2. The molecular formula is C20H21Cl2NO5S. The molecule has 2 rings (SSSR count). The van der Waals surface area contributed by atoms with Crippen molar-refractivity contribution in [2.45, 2.75) is 19.8 Å². The van der Waals surface area contributed by atoms with Gasteiger partial charge in [-0.25, -0.2) is 8.42 Å². The van der Waals surface area contributed by atoms with Gasteiger partial charge in [-0.2, -0.15) is 0 Å². The number of unbranched alkanes of at least 4 members (excludes halogenated alkanes) is 1. The Hall–Kier alpha value is -2.09. The summed E-state index contributed by atoms with van der Waals surface area (Å²) in [5.74, 6) is -1.44. The molecule has 0 aliphatic carbocycles. The summed E-state index contributed by atoms with van der Waals surface area (Å²) in [6.07, 6.45) is 1.05. The van der Waals surface area contributed by atoms with Gasteiger partial charge in [0, 0.05) is 16.1 Å². The summed E-state index contributed by atoms with van der Waals surface area (Å²) < 4.78 is 31.5. The predicted molar refractivity (Wildman–Crippen MR) is 114 cm³/mol. The number of nitrogens with zero attached hydrogens (tertiary/aromatic N) is 1. The van der Waals surface area contributed by atoms with Gasteiger partial charge in [0.25, 0.3) is 0 Å². The third-order valence-electron chi connectivity index (χ3n) is 4.18. The molecule has 0 bridgehead atoms. The van der Waals surface area contributed by atoms with Crippen LogP contribution >= 0.6 is 23.2 Å². The summed E-state index contributed by atoms with van der Waals surface area (Å²) in [4.78, 5) is 25.1. The molecule has 29 heavy (non-hydrogen) atoms. The number of methoxy groups -OCH3 is 1. The van der Waals surface area contributed by atoms with E-state index in [0.29, 0.717) is 12.8 Å². The molecule has 0 saturated heterocycles. The highest BCUT2D eigenvalue weighted by Crippen LogP contribution is 2.31. The second kappa shape index (κ2) is 10.1. The molecule has 0 atom stereocenters. The first-order valence-electron chi connectivity index (χ1n) is 8.87. The molecule has 6 nitrogen and oxygen atoms in total. The van der Waals surface area contributed by atoms with Crippen LogP contribution in [0.4, 0.5) is 5.69 Å². The van der Waals surface area contributed by atoms with Gasteiger partial charge < -0.3 is 4.74 Å². The summed E-state index contributed by atoms with van der Waals surface area (Å²) in [5, 5.41) is 0.463. The Morgan fingerprint density at radius 1 is 1.07 bits per heavy atom. The van der Waals surface area contributed by atoms with Crippen molar-refractivity contribution in [1.29, 1.82) is 0 Å². The van der Waals surface area contributed by atoms with Crippen molar-refractivity contribution in [3.8, 4) is 0 Å². The number of ether oxygens (including phenoxy) is 1. The first kappa shape index (κ1) is 23.2. The molecule has 2 aromatic rings. The van der Waals surface area contributed by atoms with Crippen molar-refractivity contribution in [2.75, 3.05) is 23.7 Å². The van der Waals surface area contributed by atoms with E-state index in [1.54, 1.807) is 18.2 Å². The van der Waals surface area contributed by atoms with Crippen LogP contribution in [0.2, 0.25) is 10.0 Å². The fraction of sp³-hybridized carbons (Fsp3) is 0.300. The molecule has 9 heteroatoms. The zero-order chi connectivity index (χ0) is 21.6. The van der Waals surface area contributed by atoms with Gasteiger partial charge in [0.1, 0.15) is 6.54 Å². The normalized spacial score (nSPS) is 11.2. The van der Waals surface area contributed by atoms with Gasteiger partial charge in [0.2, 0.25) is 10.0 Å². The molecule has 156 valence electrons. The van der Waals surface area contributed by atoms with Crippen LogP contribution in [0, 0.1) is 0 Å². The van der Waals surface area contributed by atoms with Crippen LogP contribution in [-0.4, -0.2) is 39.6 Å². The number of rotatable bonds is 9. The van der Waals surface area contributed by atoms with E-state index in [1.165, 1.54) is 24.3 Å². The minimum atomic E-state index is -3.90. The Kier molecular flexibility index (Phi) is 8.07. The maximum atomic E-state index is 13.2. The van der Waals surface area contributed by atoms with E-state index in [2.05, 4.69) is 4.74 Å². The summed E-state index contributed by atoms with van der Waals surface area (Å²) in [6, 6.07) is 10.6. The van der Waals surface area contributed by atoms with E-state index < -0.39 is 28.3 Å². The van der Waals surface area contributed by atoms with Gasteiger partial charge in [-0.1, -0.05) is 48.7 Å². The topological polar surface area (TPSA) is 80.8 Å². The van der Waals surface area contributed by atoms with Gasteiger partial charge in [0.15, 0.2) is 5.78 Å². The quantitative estimate of drug-likeness (QED) is 0.413. The SMILES string of the molecule is CCCCS(=O)(=O)N(CC(=O)OC)c1ccc(Cl)cc1C(=O)c1ccccc1Cl. The number of sulfonamides is 1. The summed E-state index contributed by atoms with van der Waals surface area (Å²) in [7, 11) is -2.74. The number of hydrogen-bond acceptors (Lipinski definition) is 5. The number of carbonyl (C=O) groups excluding carboxylic acids is 2. The number of halogens is 2. The molecule has 0 N–H and O–H groups in total. The standard InChI is InChI=1S/C20H21Cl2NO5S/c1-3-4-11-29(26,27)23(13-19(24)28-2)18-10-9-14(21)12-16(18)20(25)15-7-5-6-8-17(15)22/h5-10,12H,3-4,11,13H2,1-2H3. The molecule has 0 fully saturated rings. The van der Waals surface area contributed by atoms with E-state index in [4.69, 9.17) is 23.2 Å². The summed E-state index contributed by atoms with van der Waals surface area (Å²) in [5.41, 5.74) is 0.261. The van der Waals surface area contributed by atoms with Crippen LogP contribution in [0.5, 0.6) is 0 Å². The van der Waals surface area contributed by atoms with Gasteiger partial charge in [-0.05, 0) is 36.8 Å². The summed E-state index contributed by atoms with van der Waals surface area (Å²) in [6.45, 7) is 1.29. The predicted octanol–water partition coefficient (Wildman–Crippen LogP) is 4.33. The second-order valence-electron chi connectivity index (χ2n) is 6.22. The van der Waals surface area contributed by atoms with E-state index in [0.717, 1.165) is 11.4 Å². The Balaban J connectivity index is 2.64. The van der Waals surface area contributed by atoms with Crippen molar-refractivity contribution in [3.63, 3.8) is 0 Å². The highest BCUT2D eigenvalue weighted by Gasteiger charge is 2.29. The first-order chi connectivity index (χ1) is 13.7. The lowest BCUT2D eigenvalue weighted by atomic mass is 10.0. The van der Waals surface area contributed by atoms with Crippen molar-refractivity contribution >= 4 is 50.7 Å². The highest BCUT2D eigenvalue weighted by molar-refractivity contribution is 7.92. The van der Waals surface area contributed by atoms with Gasteiger partial charge >= 0.3 is 5.97 Å². The second-order valence-corrected chi connectivity index (χ2v) is 9.08. The van der Waals surface area contributed by atoms with E-state index in [9.17, 15) is 18.0 Å². The Morgan fingerprint density at radius 2 is 1.76 bits per heavy atom. The molecule has 2 aromatic carbocycles. The lowest BCUT2D eigenvalue weighted by molar-refractivity contribution is -0.138. The lowest BCUT2D eigenvalue weighted by Crippen LogP contribution is -2.38. The molecule has 0 aromatic heterocycles. The molecule has 0 aliphatic rings. The molecule has 0 unspecified atom stereocenters. The fourth-order valence-electron chi connectivity index (χ4n) is 2.65. The average molecular weight is 458 g/mol. The minimum absolute atomic E-state index is 0.0228. The monoisotopic (exact) mass is 457 g/mol. The molecule has 0 aliphatic heterocycles. The molecule has 0 heterocycles.